The summed E-state index contributed by atoms with van der Waals surface area (Å²) in [4.78, 5) is 11.0. The molecule has 4 heteroatoms. The van der Waals surface area contributed by atoms with Crippen LogP contribution in [-0.2, 0) is 6.54 Å². The highest BCUT2D eigenvalue weighted by molar-refractivity contribution is 5.99. The largest absolute Gasteiger partial charge is 0.386 e. The first-order valence-electron chi connectivity index (χ1n) is 5.67. The van der Waals surface area contributed by atoms with Gasteiger partial charge in [0.05, 0.1) is 0 Å². The van der Waals surface area contributed by atoms with Crippen molar-refractivity contribution in [2.45, 2.75) is 6.54 Å². The van der Waals surface area contributed by atoms with Gasteiger partial charge in [0, 0.05) is 24.5 Å². The Balaban J connectivity index is 2.34. The lowest BCUT2D eigenvalue weighted by molar-refractivity contribution is 0.112. The van der Waals surface area contributed by atoms with Crippen molar-refractivity contribution < 1.29 is 4.79 Å². The average molecular weight is 241 g/mol. The molecule has 0 spiro atoms. The standard InChI is InChI=1S/C14H15N3O/c15-17-8-7-16-9-11-5-6-12(10-18)14-4-2-1-3-13(11)14/h1-8,10,16-17H,9,15H2/b8-7-. The van der Waals surface area contributed by atoms with E-state index in [1.807, 2.05) is 36.4 Å². The zero-order chi connectivity index (χ0) is 12.8. The summed E-state index contributed by atoms with van der Waals surface area (Å²) in [5.41, 5.74) is 4.27. The first-order valence-corrected chi connectivity index (χ1v) is 5.67. The molecule has 4 N–H and O–H groups in total. The molecule has 0 heterocycles. The van der Waals surface area contributed by atoms with E-state index in [2.05, 4.69) is 10.7 Å². The van der Waals surface area contributed by atoms with Crippen molar-refractivity contribution in [3.8, 4) is 0 Å². The lowest BCUT2D eigenvalue weighted by Crippen LogP contribution is -2.15. The SMILES string of the molecule is NN/C=C\NCc1ccc(C=O)c2ccccc12. The van der Waals surface area contributed by atoms with Gasteiger partial charge >= 0.3 is 0 Å². The third kappa shape index (κ3) is 2.49. The molecule has 0 fully saturated rings. The quantitative estimate of drug-likeness (QED) is 0.423. The van der Waals surface area contributed by atoms with Gasteiger partial charge in [0.1, 0.15) is 0 Å². The van der Waals surface area contributed by atoms with Crippen LogP contribution >= 0.6 is 0 Å². The van der Waals surface area contributed by atoms with E-state index in [9.17, 15) is 4.79 Å². The molecule has 0 saturated carbocycles. The molecule has 0 aliphatic rings. The van der Waals surface area contributed by atoms with Gasteiger partial charge in [-0.2, -0.15) is 0 Å². The third-order valence-electron chi connectivity index (χ3n) is 2.76. The van der Waals surface area contributed by atoms with Crippen molar-refractivity contribution in [2.24, 2.45) is 5.84 Å². The predicted octanol–water partition coefficient (Wildman–Crippen LogP) is 1.68. The second-order valence-corrected chi connectivity index (χ2v) is 3.86. The Morgan fingerprint density at radius 3 is 2.56 bits per heavy atom. The Labute approximate surface area is 105 Å². The molecule has 0 aliphatic heterocycles. The van der Waals surface area contributed by atoms with Crippen LogP contribution in [0.5, 0.6) is 0 Å². The van der Waals surface area contributed by atoms with E-state index in [0.717, 1.165) is 22.6 Å². The van der Waals surface area contributed by atoms with E-state index in [-0.39, 0.29) is 0 Å². The molecule has 0 amide bonds. The number of rotatable bonds is 5. The molecule has 18 heavy (non-hydrogen) atoms. The summed E-state index contributed by atoms with van der Waals surface area (Å²) < 4.78 is 0. The molecule has 0 aliphatic carbocycles. The summed E-state index contributed by atoms with van der Waals surface area (Å²) in [5, 5.41) is 5.19. The monoisotopic (exact) mass is 241 g/mol. The molecule has 0 bridgehead atoms. The van der Waals surface area contributed by atoms with Crippen LogP contribution in [0.1, 0.15) is 15.9 Å². The van der Waals surface area contributed by atoms with Crippen LogP contribution in [-0.4, -0.2) is 6.29 Å². The van der Waals surface area contributed by atoms with Crippen molar-refractivity contribution in [3.63, 3.8) is 0 Å². The summed E-state index contributed by atoms with van der Waals surface area (Å²) in [6.07, 6.45) is 4.24. The number of carbonyl (C=O) groups is 1. The van der Waals surface area contributed by atoms with Crippen molar-refractivity contribution in [2.75, 3.05) is 0 Å². The minimum Gasteiger partial charge on any atom is -0.386 e. The lowest BCUT2D eigenvalue weighted by atomic mass is 10.0. The molecule has 0 saturated heterocycles. The van der Waals surface area contributed by atoms with E-state index in [0.29, 0.717) is 12.1 Å². The van der Waals surface area contributed by atoms with Crippen molar-refractivity contribution in [1.29, 1.82) is 0 Å². The highest BCUT2D eigenvalue weighted by Crippen LogP contribution is 2.21. The van der Waals surface area contributed by atoms with Gasteiger partial charge in [0.15, 0.2) is 6.29 Å². The first kappa shape index (κ1) is 12.1. The Morgan fingerprint density at radius 2 is 1.83 bits per heavy atom. The summed E-state index contributed by atoms with van der Waals surface area (Å²) in [6.45, 7) is 0.678. The minimum atomic E-state index is 0.678. The highest BCUT2D eigenvalue weighted by Gasteiger charge is 2.03. The van der Waals surface area contributed by atoms with Crippen molar-refractivity contribution in [3.05, 3.63) is 59.9 Å². The van der Waals surface area contributed by atoms with Crippen LogP contribution in [0.25, 0.3) is 10.8 Å². The second-order valence-electron chi connectivity index (χ2n) is 3.86. The number of hydrogen-bond donors (Lipinski definition) is 3. The number of hydrazine groups is 1. The van der Waals surface area contributed by atoms with Crippen LogP contribution in [0.3, 0.4) is 0 Å². The zero-order valence-electron chi connectivity index (χ0n) is 9.89. The summed E-state index contributed by atoms with van der Waals surface area (Å²) in [5.74, 6) is 5.12. The Morgan fingerprint density at radius 1 is 1.06 bits per heavy atom. The molecule has 2 aromatic rings. The highest BCUT2D eigenvalue weighted by atomic mass is 16.1. The molecule has 0 unspecified atom stereocenters. The van der Waals surface area contributed by atoms with Crippen LogP contribution in [0.15, 0.2) is 48.8 Å². The maximum absolute atomic E-state index is 11.0. The van der Waals surface area contributed by atoms with Gasteiger partial charge in [-0.1, -0.05) is 36.4 Å². The number of aldehydes is 1. The molecule has 4 nitrogen and oxygen atoms in total. The van der Waals surface area contributed by atoms with E-state index in [4.69, 9.17) is 5.84 Å². The van der Waals surface area contributed by atoms with Crippen LogP contribution in [0.2, 0.25) is 0 Å². The maximum Gasteiger partial charge on any atom is 0.150 e. The first-order chi connectivity index (χ1) is 8.86. The van der Waals surface area contributed by atoms with E-state index in [1.165, 1.54) is 0 Å². The van der Waals surface area contributed by atoms with Gasteiger partial charge in [-0.25, -0.2) is 0 Å². The Kier molecular flexibility index (Phi) is 3.94. The van der Waals surface area contributed by atoms with Gasteiger partial charge in [-0.3, -0.25) is 10.6 Å². The normalized spacial score (nSPS) is 10.7. The summed E-state index contributed by atoms with van der Waals surface area (Å²) in [7, 11) is 0. The number of fused-ring (bicyclic) bond motifs is 1. The predicted molar refractivity (Wildman–Crippen MR) is 72.6 cm³/mol. The fraction of sp³-hybridized carbons (Fsp3) is 0.0714. The number of hydrogen-bond acceptors (Lipinski definition) is 4. The molecule has 2 aromatic carbocycles. The molecular weight excluding hydrogens is 226 g/mol. The van der Waals surface area contributed by atoms with E-state index >= 15 is 0 Å². The topological polar surface area (TPSA) is 67.2 Å². The summed E-state index contributed by atoms with van der Waals surface area (Å²) >= 11 is 0. The number of nitrogens with two attached hydrogens (primary N) is 1. The van der Waals surface area contributed by atoms with Gasteiger partial charge in [-0.15, -0.1) is 0 Å². The fourth-order valence-electron chi connectivity index (χ4n) is 1.92. The number of carbonyl (C=O) groups excluding carboxylic acids is 1. The molecular formula is C14H15N3O. The van der Waals surface area contributed by atoms with Crippen LogP contribution in [0, 0.1) is 0 Å². The van der Waals surface area contributed by atoms with Crippen molar-refractivity contribution >= 4 is 17.1 Å². The molecule has 92 valence electrons. The van der Waals surface area contributed by atoms with Gasteiger partial charge in [-0.05, 0) is 16.3 Å². The lowest BCUT2D eigenvalue weighted by Gasteiger charge is -2.08. The second kappa shape index (κ2) is 5.84. The van der Waals surface area contributed by atoms with Crippen LogP contribution < -0.4 is 16.6 Å². The van der Waals surface area contributed by atoms with E-state index < -0.39 is 0 Å². The fourth-order valence-corrected chi connectivity index (χ4v) is 1.92. The number of benzene rings is 2. The maximum atomic E-state index is 11.0. The van der Waals surface area contributed by atoms with Crippen molar-refractivity contribution in [1.82, 2.24) is 10.7 Å². The average Bonchev–Trinajstić information content (AvgIpc) is 2.43. The van der Waals surface area contributed by atoms with Crippen LogP contribution in [0.4, 0.5) is 0 Å². The molecule has 0 aromatic heterocycles. The minimum absolute atomic E-state index is 0.678. The van der Waals surface area contributed by atoms with Gasteiger partial charge in [0.2, 0.25) is 0 Å². The smallest absolute Gasteiger partial charge is 0.150 e. The number of nitrogens with one attached hydrogen (secondary N) is 2. The molecule has 0 radical (unpaired) electrons. The zero-order valence-corrected chi connectivity index (χ0v) is 9.89. The van der Waals surface area contributed by atoms with Gasteiger partial charge in [0.25, 0.3) is 0 Å². The Hall–Kier alpha value is -2.33. The Bertz CT molecular complexity index is 578. The third-order valence-corrected chi connectivity index (χ3v) is 2.76. The summed E-state index contributed by atoms with van der Waals surface area (Å²) in [6, 6.07) is 11.7. The molecule has 2 rings (SSSR count). The molecule has 0 atom stereocenters. The van der Waals surface area contributed by atoms with Gasteiger partial charge < -0.3 is 10.7 Å². The van der Waals surface area contributed by atoms with E-state index in [1.54, 1.807) is 12.4 Å².